The Morgan fingerprint density at radius 2 is 2.26 bits per heavy atom. The Morgan fingerprint density at radius 1 is 1.42 bits per heavy atom. The first-order chi connectivity index (χ1) is 9.27. The quantitative estimate of drug-likeness (QED) is 0.316. The molecule has 1 unspecified atom stereocenters. The van der Waals surface area contributed by atoms with Crippen LogP contribution >= 0.6 is 21.6 Å². The van der Waals surface area contributed by atoms with Crippen LogP contribution in [0.15, 0.2) is 23.6 Å². The van der Waals surface area contributed by atoms with Gasteiger partial charge >= 0.3 is 0 Å². The fourth-order valence-electron chi connectivity index (χ4n) is 1.49. The molecule has 1 amide bonds. The van der Waals surface area contributed by atoms with E-state index in [1.165, 1.54) is 34.4 Å². The molecule has 1 atom stereocenters. The van der Waals surface area contributed by atoms with Gasteiger partial charge in [0.2, 0.25) is 0 Å². The molecule has 0 spiro atoms. The van der Waals surface area contributed by atoms with Crippen LogP contribution in [0, 0.1) is 0 Å². The van der Waals surface area contributed by atoms with Crippen molar-refractivity contribution in [1.29, 1.82) is 0 Å². The summed E-state index contributed by atoms with van der Waals surface area (Å²) in [5, 5.41) is 9.25. The van der Waals surface area contributed by atoms with E-state index in [-0.39, 0.29) is 11.2 Å². The largest absolute Gasteiger partial charge is 0.289 e. The van der Waals surface area contributed by atoms with Gasteiger partial charge in [-0.1, -0.05) is 43.4 Å². The Balaban J connectivity index is 2.39. The van der Waals surface area contributed by atoms with Gasteiger partial charge in [-0.2, -0.15) is 0 Å². The highest BCUT2D eigenvalue weighted by Gasteiger charge is 2.19. The Kier molecular flexibility index (Phi) is 8.61. The molecule has 0 saturated carbocycles. The molecule has 7 heteroatoms. The highest BCUT2D eigenvalue weighted by atomic mass is 33.1. The van der Waals surface area contributed by atoms with Crippen molar-refractivity contribution in [1.82, 2.24) is 15.4 Å². The van der Waals surface area contributed by atoms with Gasteiger partial charge in [0.25, 0.3) is 5.91 Å². The minimum absolute atomic E-state index is 0.270. The van der Waals surface area contributed by atoms with E-state index in [1.807, 2.05) is 0 Å². The average Bonchev–Trinajstić information content (AvgIpc) is 2.47. The number of rotatable bonds is 9. The van der Waals surface area contributed by atoms with Crippen LogP contribution in [0.3, 0.4) is 0 Å². The number of nitrogens with zero attached hydrogens (tertiary/aromatic N) is 2. The van der Waals surface area contributed by atoms with Crippen LogP contribution in [0.1, 0.15) is 39.0 Å². The summed E-state index contributed by atoms with van der Waals surface area (Å²) >= 11 is 0. The molecule has 1 rings (SSSR count). The Labute approximate surface area is 121 Å². The molecular weight excluding hydrogens is 282 g/mol. The van der Waals surface area contributed by atoms with Crippen LogP contribution < -0.4 is 5.48 Å². The fourth-order valence-corrected chi connectivity index (χ4v) is 3.77. The smallest absolute Gasteiger partial charge is 0.257 e. The maximum absolute atomic E-state index is 11.6. The van der Waals surface area contributed by atoms with Crippen LogP contribution in [0.2, 0.25) is 0 Å². The third-order valence-electron chi connectivity index (χ3n) is 2.51. The van der Waals surface area contributed by atoms with Gasteiger partial charge in [-0.25, -0.2) is 10.5 Å². The van der Waals surface area contributed by atoms with E-state index in [1.54, 1.807) is 24.1 Å². The third-order valence-corrected chi connectivity index (χ3v) is 5.17. The van der Waals surface area contributed by atoms with E-state index in [9.17, 15) is 4.79 Å². The molecule has 5 nitrogen and oxygen atoms in total. The first-order valence-corrected chi connectivity index (χ1v) is 8.52. The fraction of sp³-hybridized carbons (Fsp3) is 0.583. The van der Waals surface area contributed by atoms with Crippen molar-refractivity contribution in [2.75, 3.05) is 0 Å². The lowest BCUT2D eigenvalue weighted by molar-refractivity contribution is -0.128. The number of amides is 1. The van der Waals surface area contributed by atoms with Crippen LogP contribution in [-0.2, 0) is 4.79 Å². The number of unbranched alkanes of at least 4 members (excludes halogenated alkanes) is 3. The number of aromatic nitrogens is 2. The molecule has 19 heavy (non-hydrogen) atoms. The van der Waals surface area contributed by atoms with E-state index in [4.69, 9.17) is 5.21 Å². The van der Waals surface area contributed by atoms with Crippen molar-refractivity contribution in [3.8, 4) is 0 Å². The summed E-state index contributed by atoms with van der Waals surface area (Å²) in [6.45, 7) is 2.15. The molecule has 0 bridgehead atoms. The van der Waals surface area contributed by atoms with Crippen molar-refractivity contribution >= 4 is 27.5 Å². The topological polar surface area (TPSA) is 75.1 Å². The molecule has 0 aliphatic rings. The van der Waals surface area contributed by atoms with Gasteiger partial charge < -0.3 is 0 Å². The highest BCUT2D eigenvalue weighted by molar-refractivity contribution is 8.77. The molecule has 0 saturated heterocycles. The van der Waals surface area contributed by atoms with Crippen LogP contribution in [0.25, 0.3) is 0 Å². The lowest BCUT2D eigenvalue weighted by Crippen LogP contribution is -2.29. The molecule has 1 aromatic heterocycles. The summed E-state index contributed by atoms with van der Waals surface area (Å²) in [4.78, 5) is 19.7. The highest BCUT2D eigenvalue weighted by Crippen LogP contribution is 2.35. The minimum atomic E-state index is -0.349. The van der Waals surface area contributed by atoms with Crippen molar-refractivity contribution < 1.29 is 10.0 Å². The number of carbonyl (C=O) groups is 1. The summed E-state index contributed by atoms with van der Waals surface area (Å²) in [6, 6.07) is 0. The lowest BCUT2D eigenvalue weighted by Gasteiger charge is -2.13. The minimum Gasteiger partial charge on any atom is -0.289 e. The second-order valence-electron chi connectivity index (χ2n) is 4.04. The monoisotopic (exact) mass is 301 g/mol. The number of hydroxylamine groups is 1. The van der Waals surface area contributed by atoms with Gasteiger partial charge in [-0.05, 0) is 17.2 Å². The molecule has 1 heterocycles. The third kappa shape index (κ3) is 6.79. The molecule has 0 fully saturated rings. The maximum atomic E-state index is 11.6. The summed E-state index contributed by atoms with van der Waals surface area (Å²) in [7, 11) is 2.81. The van der Waals surface area contributed by atoms with Crippen molar-refractivity contribution in [3.63, 3.8) is 0 Å². The van der Waals surface area contributed by atoms with Gasteiger partial charge in [0, 0.05) is 12.4 Å². The van der Waals surface area contributed by atoms with Crippen LogP contribution in [0.5, 0.6) is 0 Å². The maximum Gasteiger partial charge on any atom is 0.257 e. The van der Waals surface area contributed by atoms with E-state index < -0.39 is 0 Å². The lowest BCUT2D eigenvalue weighted by atomic mass is 10.1. The second-order valence-corrected chi connectivity index (χ2v) is 6.46. The molecular formula is C12H19N3O2S2. The molecule has 0 aromatic carbocycles. The Morgan fingerprint density at radius 3 is 2.89 bits per heavy atom. The number of carbonyl (C=O) groups excluding carboxylic acids is 1. The van der Waals surface area contributed by atoms with Crippen molar-refractivity contribution in [2.24, 2.45) is 0 Å². The zero-order valence-electron chi connectivity index (χ0n) is 10.9. The van der Waals surface area contributed by atoms with Gasteiger partial charge in [-0.3, -0.25) is 15.0 Å². The van der Waals surface area contributed by atoms with Gasteiger partial charge in [0.1, 0.15) is 5.03 Å². The predicted molar refractivity (Wildman–Crippen MR) is 78.0 cm³/mol. The summed E-state index contributed by atoms with van der Waals surface area (Å²) in [5.41, 5.74) is 1.73. The Hall–Kier alpha value is -0.790. The average molecular weight is 301 g/mol. The standard InChI is InChI=1S/C12H19N3O2S2/c1-2-3-4-5-6-10(12(16)15-17)18-19-11-9-13-7-8-14-11/h7-10,17H,2-6H2,1H3,(H,15,16). The summed E-state index contributed by atoms with van der Waals surface area (Å²) in [5.74, 6) is -0.349. The first kappa shape index (κ1) is 16.3. The Bertz CT molecular complexity index is 365. The molecule has 106 valence electrons. The molecule has 2 N–H and O–H groups in total. The van der Waals surface area contributed by atoms with E-state index >= 15 is 0 Å². The van der Waals surface area contributed by atoms with E-state index in [2.05, 4.69) is 16.9 Å². The second kappa shape index (κ2) is 10.1. The number of nitrogens with one attached hydrogen (secondary N) is 1. The molecule has 0 radical (unpaired) electrons. The van der Waals surface area contributed by atoms with Gasteiger partial charge in [0.15, 0.2) is 0 Å². The van der Waals surface area contributed by atoms with Crippen molar-refractivity contribution in [3.05, 3.63) is 18.6 Å². The van der Waals surface area contributed by atoms with Crippen LogP contribution in [0.4, 0.5) is 0 Å². The number of hydrogen-bond acceptors (Lipinski definition) is 6. The summed E-state index contributed by atoms with van der Waals surface area (Å²) in [6.07, 6.45) is 10.1. The first-order valence-electron chi connectivity index (χ1n) is 6.31. The van der Waals surface area contributed by atoms with Gasteiger partial charge in [-0.15, -0.1) is 0 Å². The SMILES string of the molecule is CCCCCCC(SSc1cnccn1)C(=O)NO. The molecule has 0 aliphatic heterocycles. The zero-order valence-corrected chi connectivity index (χ0v) is 12.5. The predicted octanol–water partition coefficient (Wildman–Crippen LogP) is 3.06. The zero-order chi connectivity index (χ0) is 13.9. The van der Waals surface area contributed by atoms with Crippen molar-refractivity contribution in [2.45, 2.75) is 49.3 Å². The normalized spacial score (nSPS) is 12.1. The number of hydrogen-bond donors (Lipinski definition) is 2. The molecule has 0 aliphatic carbocycles. The van der Waals surface area contributed by atoms with E-state index in [0.717, 1.165) is 24.3 Å². The van der Waals surface area contributed by atoms with E-state index in [0.29, 0.717) is 0 Å². The van der Waals surface area contributed by atoms with Gasteiger partial charge in [0.05, 0.1) is 11.4 Å². The summed E-state index contributed by atoms with van der Waals surface area (Å²) < 4.78 is 0. The molecule has 1 aromatic rings. The van der Waals surface area contributed by atoms with Crippen LogP contribution in [-0.4, -0.2) is 26.3 Å².